The third-order valence-corrected chi connectivity index (χ3v) is 2.11. The second-order valence-corrected chi connectivity index (χ2v) is 3.36. The van der Waals surface area contributed by atoms with Crippen LogP contribution in [0.5, 0.6) is 0 Å². The van der Waals surface area contributed by atoms with E-state index in [9.17, 15) is 0 Å². The summed E-state index contributed by atoms with van der Waals surface area (Å²) in [6, 6.07) is 0. The van der Waals surface area contributed by atoms with E-state index >= 15 is 0 Å². The van der Waals surface area contributed by atoms with Gasteiger partial charge < -0.3 is 15.4 Å². The molecule has 0 fully saturated rings. The summed E-state index contributed by atoms with van der Waals surface area (Å²) in [5.74, 6) is 0.725. The van der Waals surface area contributed by atoms with Gasteiger partial charge in [-0.05, 0) is 6.42 Å². The number of nitrogens with two attached hydrogens (primary N) is 1. The lowest BCUT2D eigenvalue weighted by atomic mass is 10.3. The SMILES string of the molecule is COCCCN(C)c1ncc(CN)cn1. The Balaban J connectivity index is 2.46. The maximum Gasteiger partial charge on any atom is 0.224 e. The summed E-state index contributed by atoms with van der Waals surface area (Å²) in [5.41, 5.74) is 6.41. The third-order valence-electron chi connectivity index (χ3n) is 2.11. The van der Waals surface area contributed by atoms with Gasteiger partial charge in [0, 0.05) is 51.8 Å². The Morgan fingerprint density at radius 1 is 1.40 bits per heavy atom. The molecule has 0 aliphatic carbocycles. The second-order valence-electron chi connectivity index (χ2n) is 3.36. The number of methoxy groups -OCH3 is 1. The molecule has 0 unspecified atom stereocenters. The number of ether oxygens (including phenoxy) is 1. The number of rotatable bonds is 6. The Morgan fingerprint density at radius 3 is 2.60 bits per heavy atom. The minimum atomic E-state index is 0.480. The van der Waals surface area contributed by atoms with E-state index in [-0.39, 0.29) is 0 Å². The predicted octanol–water partition coefficient (Wildman–Crippen LogP) is 0.408. The Bertz CT molecular complexity index is 275. The van der Waals surface area contributed by atoms with Crippen molar-refractivity contribution in [2.75, 3.05) is 32.2 Å². The van der Waals surface area contributed by atoms with Crippen LogP contribution in [0.4, 0.5) is 5.95 Å². The van der Waals surface area contributed by atoms with Gasteiger partial charge in [-0.25, -0.2) is 9.97 Å². The Morgan fingerprint density at radius 2 is 2.07 bits per heavy atom. The molecule has 1 rings (SSSR count). The molecule has 0 spiro atoms. The third kappa shape index (κ3) is 3.81. The molecule has 0 radical (unpaired) electrons. The average molecular weight is 210 g/mol. The second kappa shape index (κ2) is 6.31. The minimum absolute atomic E-state index is 0.480. The minimum Gasteiger partial charge on any atom is -0.385 e. The van der Waals surface area contributed by atoms with Gasteiger partial charge in [0.2, 0.25) is 5.95 Å². The molecular weight excluding hydrogens is 192 g/mol. The molecule has 84 valence electrons. The Labute approximate surface area is 90.3 Å². The fraction of sp³-hybridized carbons (Fsp3) is 0.600. The van der Waals surface area contributed by atoms with E-state index < -0.39 is 0 Å². The van der Waals surface area contributed by atoms with Crippen LogP contribution in [0.1, 0.15) is 12.0 Å². The number of hydrogen-bond donors (Lipinski definition) is 1. The zero-order valence-electron chi connectivity index (χ0n) is 9.31. The average Bonchev–Trinajstić information content (AvgIpc) is 2.29. The van der Waals surface area contributed by atoms with Crippen LogP contribution in [0.2, 0.25) is 0 Å². The van der Waals surface area contributed by atoms with Gasteiger partial charge in [0.05, 0.1) is 0 Å². The first kappa shape index (κ1) is 11.9. The van der Waals surface area contributed by atoms with E-state index in [1.807, 2.05) is 11.9 Å². The number of nitrogens with zero attached hydrogens (tertiary/aromatic N) is 3. The number of hydrogen-bond acceptors (Lipinski definition) is 5. The van der Waals surface area contributed by atoms with Crippen molar-refractivity contribution in [3.63, 3.8) is 0 Å². The molecule has 0 saturated heterocycles. The molecule has 1 aromatic heterocycles. The molecule has 0 aromatic carbocycles. The van der Waals surface area contributed by atoms with Crippen molar-refractivity contribution >= 4 is 5.95 Å². The van der Waals surface area contributed by atoms with Crippen molar-refractivity contribution in [2.45, 2.75) is 13.0 Å². The van der Waals surface area contributed by atoms with Gasteiger partial charge in [0.25, 0.3) is 0 Å². The van der Waals surface area contributed by atoms with E-state index in [2.05, 4.69) is 9.97 Å². The van der Waals surface area contributed by atoms with E-state index in [0.29, 0.717) is 6.54 Å². The van der Waals surface area contributed by atoms with Gasteiger partial charge in [-0.15, -0.1) is 0 Å². The molecule has 5 nitrogen and oxygen atoms in total. The number of anilines is 1. The summed E-state index contributed by atoms with van der Waals surface area (Å²) in [5, 5.41) is 0. The predicted molar refractivity (Wildman–Crippen MR) is 59.7 cm³/mol. The highest BCUT2D eigenvalue weighted by Crippen LogP contribution is 2.04. The molecule has 0 atom stereocenters. The van der Waals surface area contributed by atoms with Crippen LogP contribution in [0.3, 0.4) is 0 Å². The van der Waals surface area contributed by atoms with Crippen LogP contribution in [0, 0.1) is 0 Å². The van der Waals surface area contributed by atoms with Crippen molar-refractivity contribution in [1.29, 1.82) is 0 Å². The van der Waals surface area contributed by atoms with Gasteiger partial charge in [0.1, 0.15) is 0 Å². The van der Waals surface area contributed by atoms with Gasteiger partial charge in [-0.2, -0.15) is 0 Å². The molecule has 0 amide bonds. The summed E-state index contributed by atoms with van der Waals surface area (Å²) in [6.45, 7) is 2.12. The molecular formula is C10H18N4O. The van der Waals surface area contributed by atoms with E-state index in [1.165, 1.54) is 0 Å². The molecule has 0 saturated carbocycles. The lowest BCUT2D eigenvalue weighted by molar-refractivity contribution is 0.196. The normalized spacial score (nSPS) is 10.3. The summed E-state index contributed by atoms with van der Waals surface area (Å²) < 4.78 is 4.98. The fourth-order valence-electron chi connectivity index (χ4n) is 1.20. The maximum absolute atomic E-state index is 5.46. The zero-order valence-corrected chi connectivity index (χ0v) is 9.31. The molecule has 0 aliphatic rings. The van der Waals surface area contributed by atoms with E-state index in [0.717, 1.165) is 31.1 Å². The monoisotopic (exact) mass is 210 g/mol. The van der Waals surface area contributed by atoms with Crippen LogP contribution in [-0.2, 0) is 11.3 Å². The summed E-state index contributed by atoms with van der Waals surface area (Å²) in [6.07, 6.45) is 4.49. The summed E-state index contributed by atoms with van der Waals surface area (Å²) in [4.78, 5) is 10.4. The van der Waals surface area contributed by atoms with Crippen molar-refractivity contribution in [3.8, 4) is 0 Å². The van der Waals surface area contributed by atoms with Crippen LogP contribution in [0.25, 0.3) is 0 Å². The van der Waals surface area contributed by atoms with Crippen LogP contribution >= 0.6 is 0 Å². The first-order valence-corrected chi connectivity index (χ1v) is 4.99. The highest BCUT2D eigenvalue weighted by Gasteiger charge is 2.02. The molecule has 15 heavy (non-hydrogen) atoms. The van der Waals surface area contributed by atoms with Crippen LogP contribution < -0.4 is 10.6 Å². The lowest BCUT2D eigenvalue weighted by Crippen LogP contribution is -2.22. The first-order chi connectivity index (χ1) is 7.27. The zero-order chi connectivity index (χ0) is 11.1. The topological polar surface area (TPSA) is 64.3 Å². The lowest BCUT2D eigenvalue weighted by Gasteiger charge is -2.16. The van der Waals surface area contributed by atoms with Crippen molar-refractivity contribution in [1.82, 2.24) is 9.97 Å². The largest absolute Gasteiger partial charge is 0.385 e. The highest BCUT2D eigenvalue weighted by molar-refractivity contribution is 5.27. The number of aromatic nitrogens is 2. The highest BCUT2D eigenvalue weighted by atomic mass is 16.5. The molecule has 0 bridgehead atoms. The fourth-order valence-corrected chi connectivity index (χ4v) is 1.20. The Kier molecular flexibility index (Phi) is 5.00. The first-order valence-electron chi connectivity index (χ1n) is 4.99. The van der Waals surface area contributed by atoms with Gasteiger partial charge in [-0.3, -0.25) is 0 Å². The van der Waals surface area contributed by atoms with Gasteiger partial charge >= 0.3 is 0 Å². The Hall–Kier alpha value is -1.20. The van der Waals surface area contributed by atoms with E-state index in [4.69, 9.17) is 10.5 Å². The quantitative estimate of drug-likeness (QED) is 0.689. The van der Waals surface area contributed by atoms with Crippen molar-refractivity contribution in [3.05, 3.63) is 18.0 Å². The van der Waals surface area contributed by atoms with Gasteiger partial charge in [0.15, 0.2) is 0 Å². The standard InChI is InChI=1S/C10H18N4O/c1-14(4-3-5-15-2)10-12-7-9(6-11)8-13-10/h7-8H,3-6,11H2,1-2H3. The molecule has 2 N–H and O–H groups in total. The van der Waals surface area contributed by atoms with E-state index in [1.54, 1.807) is 19.5 Å². The summed E-state index contributed by atoms with van der Waals surface area (Å²) in [7, 11) is 3.67. The maximum atomic E-state index is 5.46. The van der Waals surface area contributed by atoms with Crippen molar-refractivity contribution < 1.29 is 4.74 Å². The molecule has 5 heteroatoms. The molecule has 1 heterocycles. The van der Waals surface area contributed by atoms with Crippen molar-refractivity contribution in [2.24, 2.45) is 5.73 Å². The van der Waals surface area contributed by atoms with Crippen LogP contribution in [-0.4, -0.2) is 37.3 Å². The smallest absolute Gasteiger partial charge is 0.224 e. The van der Waals surface area contributed by atoms with Crippen LogP contribution in [0.15, 0.2) is 12.4 Å². The molecule has 1 aromatic rings. The van der Waals surface area contributed by atoms with Gasteiger partial charge in [-0.1, -0.05) is 0 Å². The molecule has 0 aliphatic heterocycles. The summed E-state index contributed by atoms with van der Waals surface area (Å²) >= 11 is 0.